The van der Waals surface area contributed by atoms with Crippen molar-refractivity contribution in [2.45, 2.75) is 6.92 Å². The Morgan fingerprint density at radius 1 is 1.00 bits per heavy atom. The molecule has 21 heavy (non-hydrogen) atoms. The van der Waals surface area contributed by atoms with E-state index in [1.165, 1.54) is 12.1 Å². The lowest BCUT2D eigenvalue weighted by Crippen LogP contribution is -2.07. The molecule has 5 nitrogen and oxygen atoms in total. The first-order valence-corrected chi connectivity index (χ1v) is 6.31. The van der Waals surface area contributed by atoms with Crippen LogP contribution in [0.25, 0.3) is 22.1 Å². The Morgan fingerprint density at radius 3 is 2.38 bits per heavy atom. The van der Waals surface area contributed by atoms with Crippen molar-refractivity contribution in [1.82, 2.24) is 0 Å². The lowest BCUT2D eigenvalue weighted by molar-refractivity contribution is 0.415. The van der Waals surface area contributed by atoms with Gasteiger partial charge in [-0.3, -0.25) is 0 Å². The number of methoxy groups -OCH3 is 1. The maximum atomic E-state index is 12.1. The molecule has 0 saturated carbocycles. The molecular formula is C16H12O5. The summed E-state index contributed by atoms with van der Waals surface area (Å²) in [5.41, 5.74) is 0.377. The van der Waals surface area contributed by atoms with Gasteiger partial charge >= 0.3 is 11.3 Å². The molecule has 0 amide bonds. The maximum Gasteiger partial charge on any atom is 0.347 e. The van der Waals surface area contributed by atoms with E-state index in [9.17, 15) is 9.59 Å². The molecule has 0 unspecified atom stereocenters. The van der Waals surface area contributed by atoms with Crippen LogP contribution >= 0.6 is 0 Å². The monoisotopic (exact) mass is 284 g/mol. The molecule has 0 aliphatic heterocycles. The van der Waals surface area contributed by atoms with Crippen LogP contribution in [0.15, 0.2) is 54.8 Å². The Labute approximate surface area is 119 Å². The highest BCUT2D eigenvalue weighted by molar-refractivity contribution is 5.92. The molecule has 0 spiro atoms. The summed E-state index contributed by atoms with van der Waals surface area (Å²) in [5.74, 6) is 1.08. The SMILES string of the molecule is COc1ccc(-c2cc(=O)oc3cc(C)oc(=O)c23)cc1. The van der Waals surface area contributed by atoms with E-state index in [-0.39, 0.29) is 11.0 Å². The fraction of sp³-hybridized carbons (Fsp3) is 0.125. The van der Waals surface area contributed by atoms with Gasteiger partial charge in [-0.2, -0.15) is 0 Å². The van der Waals surface area contributed by atoms with Crippen LogP contribution in [0.3, 0.4) is 0 Å². The zero-order valence-electron chi connectivity index (χ0n) is 11.5. The minimum Gasteiger partial charge on any atom is -0.497 e. The number of hydrogen-bond acceptors (Lipinski definition) is 5. The minimum absolute atomic E-state index is 0.224. The third-order valence-electron chi connectivity index (χ3n) is 3.18. The highest BCUT2D eigenvalue weighted by Crippen LogP contribution is 2.27. The van der Waals surface area contributed by atoms with Crippen LogP contribution in [-0.2, 0) is 0 Å². The predicted octanol–water partition coefficient (Wildman–Crippen LogP) is 2.73. The van der Waals surface area contributed by atoms with Crippen molar-refractivity contribution in [2.24, 2.45) is 0 Å². The molecule has 0 radical (unpaired) electrons. The zero-order chi connectivity index (χ0) is 15.0. The second-order valence-corrected chi connectivity index (χ2v) is 4.59. The van der Waals surface area contributed by atoms with Crippen molar-refractivity contribution in [1.29, 1.82) is 0 Å². The van der Waals surface area contributed by atoms with Crippen LogP contribution < -0.4 is 16.0 Å². The van der Waals surface area contributed by atoms with Gasteiger partial charge in [0.2, 0.25) is 0 Å². The molecule has 106 valence electrons. The summed E-state index contributed by atoms with van der Waals surface area (Å²) in [7, 11) is 1.57. The Kier molecular flexibility index (Phi) is 3.10. The summed E-state index contributed by atoms with van der Waals surface area (Å²) in [6, 6.07) is 9.87. The zero-order valence-corrected chi connectivity index (χ0v) is 11.5. The number of rotatable bonds is 2. The molecule has 3 rings (SSSR count). The lowest BCUT2D eigenvalue weighted by Gasteiger charge is -2.06. The van der Waals surface area contributed by atoms with Gasteiger partial charge in [-0.1, -0.05) is 12.1 Å². The van der Waals surface area contributed by atoms with E-state index in [2.05, 4.69) is 0 Å². The van der Waals surface area contributed by atoms with Gasteiger partial charge in [0.05, 0.1) is 7.11 Å². The van der Waals surface area contributed by atoms with E-state index < -0.39 is 11.3 Å². The Morgan fingerprint density at radius 2 is 1.71 bits per heavy atom. The van der Waals surface area contributed by atoms with Crippen molar-refractivity contribution < 1.29 is 13.6 Å². The van der Waals surface area contributed by atoms with E-state index >= 15 is 0 Å². The average Bonchev–Trinajstić information content (AvgIpc) is 2.45. The first kappa shape index (κ1) is 13.2. The molecule has 0 bridgehead atoms. The Hall–Kier alpha value is -2.82. The number of hydrogen-bond donors (Lipinski definition) is 0. The number of aryl methyl sites for hydroxylation is 1. The summed E-state index contributed by atoms with van der Waals surface area (Å²) in [6.07, 6.45) is 0. The molecule has 2 heterocycles. The molecule has 3 aromatic rings. The molecule has 0 fully saturated rings. The van der Waals surface area contributed by atoms with Crippen LogP contribution in [0.1, 0.15) is 5.76 Å². The fourth-order valence-electron chi connectivity index (χ4n) is 2.23. The van der Waals surface area contributed by atoms with Gasteiger partial charge in [0.25, 0.3) is 0 Å². The number of ether oxygens (including phenoxy) is 1. The molecule has 0 aliphatic carbocycles. The van der Waals surface area contributed by atoms with Gasteiger partial charge < -0.3 is 13.6 Å². The molecule has 0 aliphatic rings. The molecular weight excluding hydrogens is 272 g/mol. The normalized spacial score (nSPS) is 10.8. The first-order valence-electron chi connectivity index (χ1n) is 6.31. The summed E-state index contributed by atoms with van der Waals surface area (Å²) in [4.78, 5) is 23.8. The van der Waals surface area contributed by atoms with Crippen LogP contribution in [0.4, 0.5) is 0 Å². The standard InChI is InChI=1S/C16H12O5/c1-9-7-13-15(16(18)20-9)12(8-14(17)21-13)10-3-5-11(19-2)6-4-10/h3-8H,1-2H3. The Bertz CT molecular complexity index is 916. The summed E-state index contributed by atoms with van der Waals surface area (Å²) in [6.45, 7) is 1.63. The topological polar surface area (TPSA) is 69.7 Å². The quantitative estimate of drug-likeness (QED) is 0.723. The Balaban J connectivity index is 2.35. The molecule has 1 aromatic carbocycles. The summed E-state index contributed by atoms with van der Waals surface area (Å²) >= 11 is 0. The van der Waals surface area contributed by atoms with Crippen LogP contribution in [0, 0.1) is 6.92 Å². The van der Waals surface area contributed by atoms with Gasteiger partial charge in [-0.05, 0) is 24.6 Å². The summed E-state index contributed by atoms with van der Waals surface area (Å²) < 4.78 is 15.3. The van der Waals surface area contributed by atoms with Gasteiger partial charge in [0.1, 0.15) is 22.5 Å². The average molecular weight is 284 g/mol. The molecule has 2 aromatic heterocycles. The summed E-state index contributed by atoms with van der Waals surface area (Å²) in [5, 5.41) is 0.255. The minimum atomic E-state index is -0.528. The largest absolute Gasteiger partial charge is 0.497 e. The predicted molar refractivity (Wildman–Crippen MR) is 77.7 cm³/mol. The fourth-order valence-corrected chi connectivity index (χ4v) is 2.23. The van der Waals surface area contributed by atoms with E-state index in [0.717, 1.165) is 0 Å². The third kappa shape index (κ3) is 2.33. The maximum absolute atomic E-state index is 12.1. The molecule has 0 atom stereocenters. The van der Waals surface area contributed by atoms with Crippen molar-refractivity contribution in [3.8, 4) is 16.9 Å². The van der Waals surface area contributed by atoms with E-state index in [1.807, 2.05) is 0 Å². The first-order chi connectivity index (χ1) is 10.1. The van der Waals surface area contributed by atoms with Crippen molar-refractivity contribution >= 4 is 11.0 Å². The van der Waals surface area contributed by atoms with Gasteiger partial charge in [-0.25, -0.2) is 9.59 Å². The number of benzene rings is 1. The molecule has 5 heteroatoms. The van der Waals surface area contributed by atoms with Crippen LogP contribution in [0.5, 0.6) is 5.75 Å². The second kappa shape index (κ2) is 4.94. The lowest BCUT2D eigenvalue weighted by atomic mass is 10.0. The van der Waals surface area contributed by atoms with E-state index in [4.69, 9.17) is 13.6 Å². The van der Waals surface area contributed by atoms with Crippen molar-refractivity contribution in [3.63, 3.8) is 0 Å². The highest BCUT2D eigenvalue weighted by Gasteiger charge is 2.13. The number of fused-ring (bicyclic) bond motifs is 1. The van der Waals surface area contributed by atoms with Crippen molar-refractivity contribution in [3.05, 3.63) is 63.0 Å². The van der Waals surface area contributed by atoms with Gasteiger partial charge in [0.15, 0.2) is 0 Å². The second-order valence-electron chi connectivity index (χ2n) is 4.59. The van der Waals surface area contributed by atoms with E-state index in [0.29, 0.717) is 22.6 Å². The van der Waals surface area contributed by atoms with Gasteiger partial charge in [-0.15, -0.1) is 0 Å². The van der Waals surface area contributed by atoms with Gasteiger partial charge in [0, 0.05) is 17.7 Å². The molecule has 0 saturated heterocycles. The highest BCUT2D eigenvalue weighted by atomic mass is 16.5. The van der Waals surface area contributed by atoms with E-state index in [1.54, 1.807) is 38.3 Å². The molecule has 0 N–H and O–H groups in total. The third-order valence-corrected chi connectivity index (χ3v) is 3.18. The van der Waals surface area contributed by atoms with Crippen LogP contribution in [0.2, 0.25) is 0 Å². The van der Waals surface area contributed by atoms with Crippen molar-refractivity contribution in [2.75, 3.05) is 7.11 Å². The van der Waals surface area contributed by atoms with Crippen LogP contribution in [-0.4, -0.2) is 7.11 Å². The smallest absolute Gasteiger partial charge is 0.347 e.